The molecule has 0 saturated carbocycles. The Morgan fingerprint density at radius 3 is 2.85 bits per heavy atom. The molecule has 1 aliphatic rings. The van der Waals surface area contributed by atoms with Gasteiger partial charge in [-0.05, 0) is 54.8 Å². The molecule has 2 aromatic carbocycles. The Kier molecular flexibility index (Phi) is 5.66. The normalized spacial score (nSPS) is 13.8. The van der Waals surface area contributed by atoms with E-state index in [1.807, 2.05) is 12.1 Å². The van der Waals surface area contributed by atoms with Crippen LogP contribution in [0.1, 0.15) is 17.7 Å². The molecule has 0 amide bonds. The maximum absolute atomic E-state index is 4.73. The highest BCUT2D eigenvalue weighted by atomic mass is 32.1. The molecule has 7 nitrogen and oxygen atoms in total. The number of hydrogen-bond acceptors (Lipinski definition) is 7. The first-order chi connectivity index (χ1) is 16.8. The fraction of sp³-hybridized carbons (Fsp3) is 0.192. The lowest BCUT2D eigenvalue weighted by atomic mass is 10.1. The molecule has 5 aromatic rings. The number of aromatic nitrogens is 4. The predicted molar refractivity (Wildman–Crippen MR) is 141 cm³/mol. The summed E-state index contributed by atoms with van der Waals surface area (Å²) in [7, 11) is 0. The lowest BCUT2D eigenvalue weighted by Crippen LogP contribution is -2.20. The zero-order valence-corrected chi connectivity index (χ0v) is 19.5. The number of H-pyrrole nitrogens is 1. The summed E-state index contributed by atoms with van der Waals surface area (Å²) in [5.41, 5.74) is 6.58. The standard InChI is InChI=1S/C26H25N7S/c1-2-4-17(5-3-1)8-13-28-26-33-21-7-6-19(14-23(21)34-26)31-24-20-15-22(18-9-11-27-12-10-18)32-25(20)30-16-29-24/h1-7,9,14-16,27H,8,10-13H2,(H,28,33)(H2,29,30,31,32). The quantitative estimate of drug-likeness (QED) is 0.258. The lowest BCUT2D eigenvalue weighted by Gasteiger charge is -2.12. The van der Waals surface area contributed by atoms with Gasteiger partial charge in [0.15, 0.2) is 5.13 Å². The smallest absolute Gasteiger partial charge is 0.183 e. The van der Waals surface area contributed by atoms with E-state index in [0.717, 1.165) is 76.1 Å². The van der Waals surface area contributed by atoms with Crippen molar-refractivity contribution >= 4 is 54.8 Å². The van der Waals surface area contributed by atoms with Crippen molar-refractivity contribution < 1.29 is 0 Å². The molecule has 34 heavy (non-hydrogen) atoms. The summed E-state index contributed by atoms with van der Waals surface area (Å²) in [5.74, 6) is 0.798. The fourth-order valence-corrected chi connectivity index (χ4v) is 5.18. The lowest BCUT2D eigenvalue weighted by molar-refractivity contribution is 0.737. The van der Waals surface area contributed by atoms with Gasteiger partial charge in [0, 0.05) is 24.5 Å². The molecule has 1 aliphatic heterocycles. The van der Waals surface area contributed by atoms with Crippen LogP contribution in [0.5, 0.6) is 0 Å². The number of fused-ring (bicyclic) bond motifs is 2. The van der Waals surface area contributed by atoms with Gasteiger partial charge < -0.3 is 20.9 Å². The number of anilines is 3. The molecule has 4 heterocycles. The van der Waals surface area contributed by atoms with Gasteiger partial charge in [-0.3, -0.25) is 0 Å². The largest absolute Gasteiger partial charge is 0.361 e. The summed E-state index contributed by atoms with van der Waals surface area (Å²) < 4.78 is 1.13. The molecule has 0 fully saturated rings. The van der Waals surface area contributed by atoms with Crippen LogP contribution in [0, 0.1) is 0 Å². The summed E-state index contributed by atoms with van der Waals surface area (Å²) in [5, 5.41) is 12.2. The van der Waals surface area contributed by atoms with Gasteiger partial charge in [-0.15, -0.1) is 0 Å². The van der Waals surface area contributed by atoms with Gasteiger partial charge in [0.05, 0.1) is 15.6 Å². The third kappa shape index (κ3) is 4.37. The molecule has 0 saturated heterocycles. The minimum Gasteiger partial charge on any atom is -0.361 e. The summed E-state index contributed by atoms with van der Waals surface area (Å²) >= 11 is 1.67. The SMILES string of the molecule is C1=C(c2cc3c(Nc4ccc5nc(NCCc6ccccc6)sc5c4)ncnc3[nH]2)CCNC1. The van der Waals surface area contributed by atoms with E-state index in [1.54, 1.807) is 17.7 Å². The first-order valence-corrected chi connectivity index (χ1v) is 12.3. The van der Waals surface area contributed by atoms with Gasteiger partial charge in [0.2, 0.25) is 0 Å². The van der Waals surface area contributed by atoms with E-state index in [4.69, 9.17) is 4.98 Å². The van der Waals surface area contributed by atoms with Crippen LogP contribution in [0.2, 0.25) is 0 Å². The number of thiazole rings is 1. The molecule has 0 aliphatic carbocycles. The van der Waals surface area contributed by atoms with Crippen molar-refractivity contribution in [3.63, 3.8) is 0 Å². The molecule has 3 aromatic heterocycles. The second-order valence-electron chi connectivity index (χ2n) is 8.34. The summed E-state index contributed by atoms with van der Waals surface area (Å²) in [6.45, 7) is 2.76. The number of hydrogen-bond donors (Lipinski definition) is 4. The minimum absolute atomic E-state index is 0.798. The molecule has 4 N–H and O–H groups in total. The number of benzene rings is 2. The Morgan fingerprint density at radius 2 is 1.97 bits per heavy atom. The van der Waals surface area contributed by atoms with E-state index in [0.29, 0.717) is 0 Å². The van der Waals surface area contributed by atoms with E-state index in [1.165, 1.54) is 11.1 Å². The third-order valence-corrected chi connectivity index (χ3v) is 7.00. The van der Waals surface area contributed by atoms with Crippen molar-refractivity contribution in [2.24, 2.45) is 0 Å². The molecule has 0 unspecified atom stereocenters. The number of aromatic amines is 1. The van der Waals surface area contributed by atoms with Crippen molar-refractivity contribution in [1.82, 2.24) is 25.3 Å². The molecule has 8 heteroatoms. The Bertz CT molecular complexity index is 1470. The van der Waals surface area contributed by atoms with Gasteiger partial charge in [0.25, 0.3) is 0 Å². The van der Waals surface area contributed by atoms with Crippen molar-refractivity contribution in [1.29, 1.82) is 0 Å². The molecule has 0 atom stereocenters. The molecule has 170 valence electrons. The van der Waals surface area contributed by atoms with E-state index in [9.17, 15) is 0 Å². The van der Waals surface area contributed by atoms with E-state index in [2.05, 4.69) is 79.4 Å². The number of rotatable bonds is 7. The third-order valence-electron chi connectivity index (χ3n) is 6.02. The van der Waals surface area contributed by atoms with Crippen LogP contribution in [0.3, 0.4) is 0 Å². The van der Waals surface area contributed by atoms with E-state index < -0.39 is 0 Å². The molecule has 6 rings (SSSR count). The molecule has 0 radical (unpaired) electrons. The molecular formula is C26H25N7S. The highest BCUT2D eigenvalue weighted by Gasteiger charge is 2.13. The van der Waals surface area contributed by atoms with Gasteiger partial charge in [-0.2, -0.15) is 0 Å². The second kappa shape index (κ2) is 9.24. The van der Waals surface area contributed by atoms with Crippen LogP contribution >= 0.6 is 11.3 Å². The fourth-order valence-electron chi connectivity index (χ4n) is 4.25. The average Bonchev–Trinajstić information content (AvgIpc) is 3.50. The van der Waals surface area contributed by atoms with E-state index >= 15 is 0 Å². The van der Waals surface area contributed by atoms with Crippen LogP contribution < -0.4 is 16.0 Å². The Balaban J connectivity index is 1.20. The van der Waals surface area contributed by atoms with Gasteiger partial charge in [-0.1, -0.05) is 47.7 Å². The number of nitrogens with zero attached hydrogens (tertiary/aromatic N) is 3. The van der Waals surface area contributed by atoms with Crippen LogP contribution in [0.4, 0.5) is 16.6 Å². The maximum Gasteiger partial charge on any atom is 0.183 e. The predicted octanol–water partition coefficient (Wildman–Crippen LogP) is 5.34. The molecule has 0 spiro atoms. The van der Waals surface area contributed by atoms with Crippen molar-refractivity contribution in [2.75, 3.05) is 30.3 Å². The zero-order chi connectivity index (χ0) is 22.7. The average molecular weight is 468 g/mol. The Hall–Kier alpha value is -3.75. The van der Waals surface area contributed by atoms with Gasteiger partial charge in [0.1, 0.15) is 17.8 Å². The van der Waals surface area contributed by atoms with Crippen LogP contribution in [0.25, 0.3) is 26.8 Å². The maximum atomic E-state index is 4.73. The van der Waals surface area contributed by atoms with Crippen molar-refractivity contribution in [3.8, 4) is 0 Å². The van der Waals surface area contributed by atoms with Crippen molar-refractivity contribution in [3.05, 3.63) is 78.3 Å². The summed E-state index contributed by atoms with van der Waals surface area (Å²) in [6, 6.07) is 18.9. The minimum atomic E-state index is 0.798. The monoisotopic (exact) mass is 467 g/mol. The first-order valence-electron chi connectivity index (χ1n) is 11.5. The zero-order valence-electron chi connectivity index (χ0n) is 18.6. The highest BCUT2D eigenvalue weighted by molar-refractivity contribution is 7.22. The second-order valence-corrected chi connectivity index (χ2v) is 9.37. The summed E-state index contributed by atoms with van der Waals surface area (Å²) in [6.07, 6.45) is 5.81. The Morgan fingerprint density at radius 1 is 1.03 bits per heavy atom. The van der Waals surface area contributed by atoms with Gasteiger partial charge >= 0.3 is 0 Å². The van der Waals surface area contributed by atoms with Gasteiger partial charge in [-0.25, -0.2) is 15.0 Å². The summed E-state index contributed by atoms with van der Waals surface area (Å²) in [4.78, 5) is 17.1. The van der Waals surface area contributed by atoms with Crippen LogP contribution in [-0.2, 0) is 6.42 Å². The topological polar surface area (TPSA) is 90.6 Å². The van der Waals surface area contributed by atoms with Crippen LogP contribution in [-0.4, -0.2) is 39.6 Å². The highest BCUT2D eigenvalue weighted by Crippen LogP contribution is 2.31. The van der Waals surface area contributed by atoms with Crippen LogP contribution in [0.15, 0.2) is 67.0 Å². The molecule has 0 bridgehead atoms. The molecular weight excluding hydrogens is 442 g/mol. The Labute approximate surface area is 201 Å². The number of nitrogens with one attached hydrogen (secondary N) is 4. The van der Waals surface area contributed by atoms with E-state index in [-0.39, 0.29) is 0 Å². The van der Waals surface area contributed by atoms with Crippen molar-refractivity contribution in [2.45, 2.75) is 12.8 Å². The first kappa shape index (κ1) is 20.8.